The molecule has 0 aliphatic heterocycles. The maximum Gasteiger partial charge on any atom is 0.134 e. The van der Waals surface area contributed by atoms with Crippen molar-refractivity contribution in [3.8, 4) is 0 Å². The van der Waals surface area contributed by atoms with Crippen LogP contribution in [0.2, 0.25) is 0 Å². The largest absolute Gasteiger partial charge is 0.498 e. The first-order chi connectivity index (χ1) is 7.70. The van der Waals surface area contributed by atoms with Gasteiger partial charge in [0, 0.05) is 12.3 Å². The molecule has 0 bridgehead atoms. The number of carbonyl (C=O) groups excluding carboxylic acids is 1. The minimum Gasteiger partial charge on any atom is -0.498 e. The first kappa shape index (κ1) is 14.3. The molecule has 0 saturated carbocycles. The number of hydrogen-bond acceptors (Lipinski definition) is 2. The summed E-state index contributed by atoms with van der Waals surface area (Å²) in [6, 6.07) is 0. The molecule has 1 aliphatic carbocycles. The van der Waals surface area contributed by atoms with Crippen molar-refractivity contribution in [2.45, 2.75) is 54.4 Å². The van der Waals surface area contributed by atoms with Crippen LogP contribution in [0.5, 0.6) is 0 Å². The minimum atomic E-state index is -0.114. The first-order valence-corrected chi connectivity index (χ1v) is 6.55. The Bertz CT molecular complexity index is 324. The molecule has 1 atom stereocenters. The number of ketones is 1. The Balaban J connectivity index is 3.01. The highest BCUT2D eigenvalue weighted by molar-refractivity contribution is 5.80. The SMILES string of the molecule is CCCOC1=CC(C)(C)C(C(C)=O)C(C)(C)C1. The molecule has 0 aromatic rings. The van der Waals surface area contributed by atoms with Crippen molar-refractivity contribution in [1.82, 2.24) is 0 Å². The van der Waals surface area contributed by atoms with Gasteiger partial charge in [-0.3, -0.25) is 4.79 Å². The van der Waals surface area contributed by atoms with Crippen LogP contribution in [0.15, 0.2) is 11.8 Å². The summed E-state index contributed by atoms with van der Waals surface area (Å²) < 4.78 is 5.78. The second kappa shape index (κ2) is 4.83. The molecule has 1 aliphatic rings. The summed E-state index contributed by atoms with van der Waals surface area (Å²) in [6.07, 6.45) is 4.04. The van der Waals surface area contributed by atoms with Gasteiger partial charge in [0.15, 0.2) is 0 Å². The fourth-order valence-corrected chi connectivity index (χ4v) is 3.51. The molecule has 98 valence electrons. The Kier molecular flexibility index (Phi) is 4.06. The average Bonchev–Trinajstić information content (AvgIpc) is 2.09. The maximum atomic E-state index is 11.9. The summed E-state index contributed by atoms with van der Waals surface area (Å²) in [5.74, 6) is 1.41. The second-order valence-corrected chi connectivity index (χ2v) is 6.49. The Morgan fingerprint density at radius 1 is 1.41 bits per heavy atom. The maximum absolute atomic E-state index is 11.9. The third-order valence-corrected chi connectivity index (χ3v) is 3.59. The molecular weight excluding hydrogens is 212 g/mol. The van der Waals surface area contributed by atoms with Crippen LogP contribution in [0.1, 0.15) is 54.4 Å². The lowest BCUT2D eigenvalue weighted by Crippen LogP contribution is -2.43. The van der Waals surface area contributed by atoms with Crippen molar-refractivity contribution in [3.63, 3.8) is 0 Å². The number of Topliss-reactive ketones (excluding diaryl/α,β-unsaturated/α-hetero) is 1. The van der Waals surface area contributed by atoms with E-state index in [1.807, 2.05) is 0 Å². The lowest BCUT2D eigenvalue weighted by Gasteiger charge is -2.46. The molecular formula is C15H26O2. The van der Waals surface area contributed by atoms with Crippen LogP contribution < -0.4 is 0 Å². The van der Waals surface area contributed by atoms with Gasteiger partial charge in [-0.05, 0) is 30.3 Å². The zero-order chi connectivity index (χ0) is 13.3. The molecule has 0 saturated heterocycles. The van der Waals surface area contributed by atoms with Gasteiger partial charge in [-0.2, -0.15) is 0 Å². The van der Waals surface area contributed by atoms with Crippen LogP contribution in [0.4, 0.5) is 0 Å². The van der Waals surface area contributed by atoms with Crippen LogP contribution in [0.3, 0.4) is 0 Å². The third-order valence-electron chi connectivity index (χ3n) is 3.59. The standard InChI is InChI=1S/C15H26O2/c1-7-8-17-12-9-14(3,4)13(11(2)16)15(5,6)10-12/h9,13H,7-8,10H2,1-6H3. The molecule has 1 unspecified atom stereocenters. The zero-order valence-electron chi connectivity index (χ0n) is 12.1. The number of ether oxygens (including phenoxy) is 1. The molecule has 0 aromatic carbocycles. The normalized spacial score (nSPS) is 26.2. The van der Waals surface area contributed by atoms with E-state index in [9.17, 15) is 4.79 Å². The van der Waals surface area contributed by atoms with Gasteiger partial charge < -0.3 is 4.74 Å². The third kappa shape index (κ3) is 3.11. The number of rotatable bonds is 4. The first-order valence-electron chi connectivity index (χ1n) is 6.55. The lowest BCUT2D eigenvalue weighted by atomic mass is 9.58. The molecule has 1 rings (SSSR count). The van der Waals surface area contributed by atoms with Gasteiger partial charge in [-0.25, -0.2) is 0 Å². The van der Waals surface area contributed by atoms with Crippen molar-refractivity contribution in [2.24, 2.45) is 16.7 Å². The molecule has 0 N–H and O–H groups in total. The van der Waals surface area contributed by atoms with Crippen LogP contribution >= 0.6 is 0 Å². The van der Waals surface area contributed by atoms with Crippen molar-refractivity contribution in [2.75, 3.05) is 6.61 Å². The van der Waals surface area contributed by atoms with Gasteiger partial charge in [0.25, 0.3) is 0 Å². The number of hydrogen-bond donors (Lipinski definition) is 0. The Labute approximate surface area is 105 Å². The van der Waals surface area contributed by atoms with Crippen molar-refractivity contribution < 1.29 is 9.53 Å². The quantitative estimate of drug-likeness (QED) is 0.741. The van der Waals surface area contributed by atoms with Gasteiger partial charge in [0.2, 0.25) is 0 Å². The molecule has 2 nitrogen and oxygen atoms in total. The summed E-state index contributed by atoms with van der Waals surface area (Å²) >= 11 is 0. The topological polar surface area (TPSA) is 26.3 Å². The highest BCUT2D eigenvalue weighted by Gasteiger charge is 2.46. The minimum absolute atomic E-state index is 0.0207. The fraction of sp³-hybridized carbons (Fsp3) is 0.800. The highest BCUT2D eigenvalue weighted by Crippen LogP contribution is 2.50. The van der Waals surface area contributed by atoms with E-state index < -0.39 is 0 Å². The average molecular weight is 238 g/mol. The van der Waals surface area contributed by atoms with Gasteiger partial charge in [0.05, 0.1) is 12.4 Å². The lowest BCUT2D eigenvalue weighted by molar-refractivity contribution is -0.129. The van der Waals surface area contributed by atoms with E-state index in [0.717, 1.165) is 25.2 Å². The summed E-state index contributed by atoms with van der Waals surface area (Å²) in [5, 5.41) is 0. The Morgan fingerprint density at radius 2 is 2.00 bits per heavy atom. The van der Waals surface area contributed by atoms with Gasteiger partial charge >= 0.3 is 0 Å². The summed E-state index contributed by atoms with van der Waals surface area (Å²) in [5.41, 5.74) is -0.135. The molecule has 0 spiro atoms. The molecule has 0 amide bonds. The van der Waals surface area contributed by atoms with Crippen molar-refractivity contribution in [1.29, 1.82) is 0 Å². The smallest absolute Gasteiger partial charge is 0.134 e. The monoisotopic (exact) mass is 238 g/mol. The van der Waals surface area contributed by atoms with E-state index in [1.54, 1.807) is 6.92 Å². The Morgan fingerprint density at radius 3 is 2.41 bits per heavy atom. The Hall–Kier alpha value is -0.790. The molecule has 17 heavy (non-hydrogen) atoms. The molecule has 0 heterocycles. The van der Waals surface area contributed by atoms with Crippen molar-refractivity contribution >= 4 is 5.78 Å². The molecule has 0 fully saturated rings. The van der Waals surface area contributed by atoms with E-state index >= 15 is 0 Å². The van der Waals surface area contributed by atoms with E-state index in [-0.39, 0.29) is 22.5 Å². The van der Waals surface area contributed by atoms with Gasteiger partial charge in [-0.1, -0.05) is 34.6 Å². The van der Waals surface area contributed by atoms with Crippen LogP contribution in [-0.4, -0.2) is 12.4 Å². The predicted molar refractivity (Wildman–Crippen MR) is 70.7 cm³/mol. The van der Waals surface area contributed by atoms with E-state index in [0.29, 0.717) is 0 Å². The van der Waals surface area contributed by atoms with Gasteiger partial charge in [-0.15, -0.1) is 0 Å². The van der Waals surface area contributed by atoms with Crippen LogP contribution in [0.25, 0.3) is 0 Å². The van der Waals surface area contributed by atoms with Crippen molar-refractivity contribution in [3.05, 3.63) is 11.8 Å². The summed E-state index contributed by atoms with van der Waals surface area (Å²) in [4.78, 5) is 11.9. The number of allylic oxidation sites excluding steroid dienone is 2. The summed E-state index contributed by atoms with van der Waals surface area (Å²) in [6.45, 7) is 13.2. The van der Waals surface area contributed by atoms with E-state index in [1.165, 1.54) is 0 Å². The van der Waals surface area contributed by atoms with E-state index in [4.69, 9.17) is 4.74 Å². The second-order valence-electron chi connectivity index (χ2n) is 6.49. The van der Waals surface area contributed by atoms with Crippen LogP contribution in [0, 0.1) is 16.7 Å². The highest BCUT2D eigenvalue weighted by atomic mass is 16.5. The van der Waals surface area contributed by atoms with Gasteiger partial charge in [0.1, 0.15) is 5.78 Å². The zero-order valence-corrected chi connectivity index (χ0v) is 12.1. The molecule has 0 radical (unpaired) electrons. The molecule has 0 aromatic heterocycles. The molecule has 2 heteroatoms. The number of carbonyl (C=O) groups is 1. The van der Waals surface area contributed by atoms with Crippen LogP contribution in [-0.2, 0) is 9.53 Å². The fourth-order valence-electron chi connectivity index (χ4n) is 3.51. The van der Waals surface area contributed by atoms with E-state index in [2.05, 4.69) is 40.7 Å². The summed E-state index contributed by atoms with van der Waals surface area (Å²) in [7, 11) is 0. The predicted octanol–water partition coefficient (Wildman–Crippen LogP) is 3.96.